The lowest BCUT2D eigenvalue weighted by Gasteiger charge is -2.15. The van der Waals surface area contributed by atoms with Gasteiger partial charge in [0.05, 0.1) is 6.04 Å². The fourth-order valence-electron chi connectivity index (χ4n) is 2.04. The molecule has 2 aromatic heterocycles. The first-order valence-corrected chi connectivity index (χ1v) is 8.28. The van der Waals surface area contributed by atoms with Crippen LogP contribution in [0.3, 0.4) is 0 Å². The fourth-order valence-corrected chi connectivity index (χ4v) is 2.04. The van der Waals surface area contributed by atoms with Crippen molar-refractivity contribution in [3.8, 4) is 5.88 Å². The molecule has 1 unspecified atom stereocenters. The van der Waals surface area contributed by atoms with Gasteiger partial charge in [-0.25, -0.2) is 4.98 Å². The van der Waals surface area contributed by atoms with Gasteiger partial charge in [0.15, 0.2) is 12.3 Å². The lowest BCUT2D eigenvalue weighted by molar-refractivity contribution is -0.154. The summed E-state index contributed by atoms with van der Waals surface area (Å²) >= 11 is 0. The maximum absolute atomic E-state index is 12.2. The van der Waals surface area contributed by atoms with Gasteiger partial charge in [-0.15, -0.1) is 10.2 Å². The fraction of sp³-hybridized carbons (Fsp3) is 0.353. The second kappa shape index (κ2) is 9.11. The Morgan fingerprint density at radius 2 is 1.96 bits per heavy atom. The second-order valence-corrected chi connectivity index (χ2v) is 5.73. The zero-order valence-corrected chi connectivity index (χ0v) is 15.1. The Balaban J connectivity index is 1.98. The van der Waals surface area contributed by atoms with Crippen LogP contribution in [0, 0.1) is 0 Å². The number of ether oxygens (including phenoxy) is 1. The van der Waals surface area contributed by atoms with Crippen LogP contribution in [0.15, 0.2) is 30.5 Å². The van der Waals surface area contributed by atoms with E-state index in [9.17, 15) is 22.8 Å². The summed E-state index contributed by atoms with van der Waals surface area (Å²) in [6.07, 6.45) is -2.69. The molecule has 11 heteroatoms. The summed E-state index contributed by atoms with van der Waals surface area (Å²) in [5, 5.41) is 12.3. The molecule has 0 spiro atoms. The van der Waals surface area contributed by atoms with Gasteiger partial charge in [-0.2, -0.15) is 13.2 Å². The first-order valence-electron chi connectivity index (χ1n) is 8.28. The molecule has 1 atom stereocenters. The summed E-state index contributed by atoms with van der Waals surface area (Å²) in [5.74, 6) is -0.744. The highest BCUT2D eigenvalue weighted by atomic mass is 19.4. The molecule has 0 saturated carbocycles. The van der Waals surface area contributed by atoms with Gasteiger partial charge < -0.3 is 15.4 Å². The van der Waals surface area contributed by atoms with E-state index in [1.54, 1.807) is 26.0 Å². The third-order valence-corrected chi connectivity index (χ3v) is 3.48. The van der Waals surface area contributed by atoms with Crippen LogP contribution in [0.5, 0.6) is 5.88 Å². The van der Waals surface area contributed by atoms with Gasteiger partial charge in [-0.3, -0.25) is 9.59 Å². The van der Waals surface area contributed by atoms with E-state index >= 15 is 0 Å². The highest BCUT2D eigenvalue weighted by Gasteiger charge is 2.28. The van der Waals surface area contributed by atoms with Crippen LogP contribution >= 0.6 is 0 Å². The van der Waals surface area contributed by atoms with E-state index in [1.807, 2.05) is 0 Å². The van der Waals surface area contributed by atoms with Crippen molar-refractivity contribution in [3.63, 3.8) is 0 Å². The molecule has 28 heavy (non-hydrogen) atoms. The minimum Gasteiger partial charge on any atom is -0.467 e. The van der Waals surface area contributed by atoms with Gasteiger partial charge in [0, 0.05) is 18.7 Å². The molecule has 150 valence electrons. The molecular formula is C17H18F3N5O3. The number of amides is 2. The summed E-state index contributed by atoms with van der Waals surface area (Å²) in [4.78, 5) is 27.7. The number of carbonyl (C=O) groups excluding carboxylic acids is 2. The molecule has 2 rings (SSSR count). The Labute approximate surface area is 158 Å². The minimum absolute atomic E-state index is 0.0835. The maximum Gasteiger partial charge on any atom is 0.422 e. The number of halogens is 3. The van der Waals surface area contributed by atoms with Crippen molar-refractivity contribution in [1.82, 2.24) is 20.5 Å². The average molecular weight is 397 g/mol. The SMILES string of the molecule is CCC(=O)Nc1cc(C(C)NC(=O)c2ccc(OCC(F)(F)F)nn2)ccn1. The molecule has 0 fully saturated rings. The number of hydrogen-bond donors (Lipinski definition) is 2. The van der Waals surface area contributed by atoms with E-state index < -0.39 is 24.7 Å². The van der Waals surface area contributed by atoms with E-state index in [2.05, 4.69) is 30.6 Å². The summed E-state index contributed by atoms with van der Waals surface area (Å²) in [5.41, 5.74) is 0.604. The predicted octanol–water partition coefficient (Wildman–Crippen LogP) is 2.65. The van der Waals surface area contributed by atoms with Gasteiger partial charge in [0.1, 0.15) is 5.82 Å². The number of nitrogens with zero attached hydrogens (tertiary/aromatic N) is 3. The second-order valence-electron chi connectivity index (χ2n) is 5.73. The van der Waals surface area contributed by atoms with Crippen molar-refractivity contribution in [2.45, 2.75) is 32.5 Å². The molecule has 2 N–H and O–H groups in total. The Morgan fingerprint density at radius 1 is 1.21 bits per heavy atom. The number of nitrogens with one attached hydrogen (secondary N) is 2. The van der Waals surface area contributed by atoms with Crippen molar-refractivity contribution in [3.05, 3.63) is 41.7 Å². The maximum atomic E-state index is 12.2. The first kappa shape index (κ1) is 21.1. The number of rotatable bonds is 7. The van der Waals surface area contributed by atoms with Crippen LogP contribution < -0.4 is 15.4 Å². The summed E-state index contributed by atoms with van der Waals surface area (Å²) in [6, 6.07) is 5.18. The van der Waals surface area contributed by atoms with Crippen molar-refractivity contribution < 1.29 is 27.5 Å². The standard InChI is InChI=1S/C17H18F3N5O3/c1-3-14(26)23-13-8-11(6-7-21-13)10(2)22-16(27)12-4-5-15(25-24-12)28-9-17(18,19)20/h4-8,10H,3,9H2,1-2H3,(H,22,27)(H,21,23,26). The lowest BCUT2D eigenvalue weighted by Crippen LogP contribution is -2.28. The van der Waals surface area contributed by atoms with Gasteiger partial charge >= 0.3 is 6.18 Å². The predicted molar refractivity (Wildman–Crippen MR) is 92.6 cm³/mol. The summed E-state index contributed by atoms with van der Waals surface area (Å²) in [6.45, 7) is 1.93. The Morgan fingerprint density at radius 3 is 2.57 bits per heavy atom. The largest absolute Gasteiger partial charge is 0.467 e. The number of aromatic nitrogens is 3. The zero-order chi connectivity index (χ0) is 20.7. The molecule has 2 aromatic rings. The molecule has 0 aliphatic heterocycles. The zero-order valence-electron chi connectivity index (χ0n) is 15.1. The Bertz CT molecular complexity index is 828. The van der Waals surface area contributed by atoms with Crippen molar-refractivity contribution in [2.24, 2.45) is 0 Å². The van der Waals surface area contributed by atoms with Crippen molar-refractivity contribution in [2.75, 3.05) is 11.9 Å². The van der Waals surface area contributed by atoms with Crippen molar-refractivity contribution >= 4 is 17.6 Å². The summed E-state index contributed by atoms with van der Waals surface area (Å²) in [7, 11) is 0. The van der Waals surface area contributed by atoms with Crippen LogP contribution in [0.2, 0.25) is 0 Å². The van der Waals surface area contributed by atoms with Crippen LogP contribution in [0.4, 0.5) is 19.0 Å². The van der Waals surface area contributed by atoms with Gasteiger partial charge in [0.25, 0.3) is 5.91 Å². The van der Waals surface area contributed by atoms with Crippen LogP contribution in [-0.4, -0.2) is 39.8 Å². The molecule has 0 aromatic carbocycles. The van der Waals surface area contributed by atoms with Gasteiger partial charge in [-0.05, 0) is 30.7 Å². The van der Waals surface area contributed by atoms with E-state index in [1.165, 1.54) is 12.3 Å². The van der Waals surface area contributed by atoms with E-state index in [4.69, 9.17) is 0 Å². The van der Waals surface area contributed by atoms with Crippen LogP contribution in [0.1, 0.15) is 42.4 Å². The highest BCUT2D eigenvalue weighted by molar-refractivity contribution is 5.92. The quantitative estimate of drug-likeness (QED) is 0.744. The van der Waals surface area contributed by atoms with E-state index in [-0.39, 0.29) is 17.5 Å². The molecule has 0 aliphatic rings. The topological polar surface area (TPSA) is 106 Å². The number of alkyl halides is 3. The minimum atomic E-state index is -4.49. The molecule has 0 aliphatic carbocycles. The monoisotopic (exact) mass is 397 g/mol. The molecule has 0 saturated heterocycles. The highest BCUT2D eigenvalue weighted by Crippen LogP contribution is 2.18. The van der Waals surface area contributed by atoms with Gasteiger partial charge in [0.2, 0.25) is 11.8 Å². The number of hydrogen-bond acceptors (Lipinski definition) is 6. The lowest BCUT2D eigenvalue weighted by atomic mass is 10.1. The smallest absolute Gasteiger partial charge is 0.422 e. The van der Waals surface area contributed by atoms with E-state index in [0.717, 1.165) is 6.07 Å². The first-order chi connectivity index (χ1) is 13.2. The number of anilines is 1. The molecule has 8 nitrogen and oxygen atoms in total. The van der Waals surface area contributed by atoms with Crippen LogP contribution in [-0.2, 0) is 4.79 Å². The molecule has 2 heterocycles. The average Bonchev–Trinajstić information content (AvgIpc) is 2.66. The summed E-state index contributed by atoms with van der Waals surface area (Å²) < 4.78 is 40.8. The van der Waals surface area contributed by atoms with Crippen molar-refractivity contribution in [1.29, 1.82) is 0 Å². The van der Waals surface area contributed by atoms with E-state index in [0.29, 0.717) is 17.8 Å². The third-order valence-electron chi connectivity index (χ3n) is 3.48. The normalized spacial score (nSPS) is 12.2. The molecule has 0 bridgehead atoms. The third kappa shape index (κ3) is 6.49. The number of carbonyl (C=O) groups is 2. The molecule has 0 radical (unpaired) electrons. The molecule has 2 amide bonds. The Hall–Kier alpha value is -3.24. The Kier molecular flexibility index (Phi) is 6.85. The van der Waals surface area contributed by atoms with Crippen LogP contribution in [0.25, 0.3) is 0 Å². The molecular weight excluding hydrogens is 379 g/mol. The van der Waals surface area contributed by atoms with Gasteiger partial charge in [-0.1, -0.05) is 6.92 Å². The number of pyridine rings is 1.